The number of anilines is 1. The van der Waals surface area contributed by atoms with Crippen LogP contribution in [0.4, 0.5) is 5.69 Å². The number of nitrogens with zero attached hydrogens (tertiary/aromatic N) is 1. The number of benzene rings is 3. The van der Waals surface area contributed by atoms with E-state index in [9.17, 15) is 4.79 Å². The minimum Gasteiger partial charge on any atom is -0.497 e. The standard InChI is InChI=1S/C23H17ClN2O2/c1-28-16-8-6-7-15(13-16)25-23(27)19-14-22(18-10-2-4-11-20(18)24)26-21-12-5-3-9-17(19)21/h2-14H,1H3,(H,25,27). The lowest BCUT2D eigenvalue weighted by molar-refractivity contribution is 0.102. The minimum atomic E-state index is -0.222. The van der Waals surface area contributed by atoms with Crippen molar-refractivity contribution in [2.24, 2.45) is 0 Å². The number of halogens is 1. The Morgan fingerprint density at radius 1 is 0.964 bits per heavy atom. The average Bonchev–Trinajstić information content (AvgIpc) is 2.73. The topological polar surface area (TPSA) is 51.2 Å². The predicted octanol–water partition coefficient (Wildman–Crippen LogP) is 5.82. The van der Waals surface area contributed by atoms with Gasteiger partial charge < -0.3 is 10.1 Å². The number of carbonyl (C=O) groups excluding carboxylic acids is 1. The van der Waals surface area contributed by atoms with Crippen LogP contribution in [-0.2, 0) is 0 Å². The summed E-state index contributed by atoms with van der Waals surface area (Å²) in [5.74, 6) is 0.453. The summed E-state index contributed by atoms with van der Waals surface area (Å²) >= 11 is 6.35. The molecular weight excluding hydrogens is 372 g/mol. The molecule has 0 fully saturated rings. The molecule has 1 N–H and O–H groups in total. The predicted molar refractivity (Wildman–Crippen MR) is 113 cm³/mol. The first-order valence-electron chi connectivity index (χ1n) is 8.76. The van der Waals surface area contributed by atoms with Gasteiger partial charge in [-0.15, -0.1) is 0 Å². The Morgan fingerprint density at radius 3 is 2.57 bits per heavy atom. The fourth-order valence-corrected chi connectivity index (χ4v) is 3.30. The van der Waals surface area contributed by atoms with Crippen LogP contribution in [0.2, 0.25) is 5.02 Å². The second-order valence-corrected chi connectivity index (χ2v) is 6.65. The Hall–Kier alpha value is -3.37. The lowest BCUT2D eigenvalue weighted by Gasteiger charge is -2.12. The number of amides is 1. The summed E-state index contributed by atoms with van der Waals surface area (Å²) in [4.78, 5) is 17.8. The van der Waals surface area contributed by atoms with E-state index in [1.165, 1.54) is 0 Å². The first kappa shape index (κ1) is 18.0. The maximum atomic E-state index is 13.1. The zero-order chi connectivity index (χ0) is 19.5. The highest BCUT2D eigenvalue weighted by molar-refractivity contribution is 6.33. The smallest absolute Gasteiger partial charge is 0.256 e. The molecule has 4 aromatic rings. The van der Waals surface area contributed by atoms with E-state index in [0.717, 1.165) is 16.5 Å². The van der Waals surface area contributed by atoms with Crippen molar-refractivity contribution in [1.29, 1.82) is 0 Å². The number of fused-ring (bicyclic) bond motifs is 1. The molecule has 5 heteroatoms. The van der Waals surface area contributed by atoms with E-state index in [0.29, 0.717) is 27.7 Å². The summed E-state index contributed by atoms with van der Waals surface area (Å²) in [5.41, 5.74) is 3.36. The van der Waals surface area contributed by atoms with Gasteiger partial charge in [-0.2, -0.15) is 0 Å². The summed E-state index contributed by atoms with van der Waals surface area (Å²) in [6.45, 7) is 0. The van der Waals surface area contributed by atoms with Gasteiger partial charge in [-0.1, -0.05) is 54.1 Å². The number of ether oxygens (including phenoxy) is 1. The summed E-state index contributed by atoms with van der Waals surface area (Å²) in [6.07, 6.45) is 0. The molecule has 4 nitrogen and oxygen atoms in total. The lowest BCUT2D eigenvalue weighted by Crippen LogP contribution is -2.13. The third-order valence-corrected chi connectivity index (χ3v) is 4.77. The van der Waals surface area contributed by atoms with Crippen LogP contribution in [0, 0.1) is 0 Å². The highest BCUT2D eigenvalue weighted by atomic mass is 35.5. The van der Waals surface area contributed by atoms with Crippen molar-refractivity contribution in [3.05, 3.63) is 89.4 Å². The molecule has 1 amide bonds. The van der Waals surface area contributed by atoms with Crippen molar-refractivity contribution in [2.45, 2.75) is 0 Å². The molecule has 0 unspecified atom stereocenters. The van der Waals surface area contributed by atoms with E-state index in [1.54, 1.807) is 19.2 Å². The van der Waals surface area contributed by atoms with Gasteiger partial charge in [0.1, 0.15) is 5.75 Å². The molecule has 1 aromatic heterocycles. The molecule has 138 valence electrons. The summed E-state index contributed by atoms with van der Waals surface area (Å²) in [6, 6.07) is 24.0. The van der Waals surface area contributed by atoms with E-state index in [1.807, 2.05) is 66.7 Å². The van der Waals surface area contributed by atoms with E-state index in [-0.39, 0.29) is 5.91 Å². The molecule has 28 heavy (non-hydrogen) atoms. The number of nitrogens with one attached hydrogen (secondary N) is 1. The van der Waals surface area contributed by atoms with Crippen LogP contribution in [0.3, 0.4) is 0 Å². The first-order valence-corrected chi connectivity index (χ1v) is 9.13. The number of methoxy groups -OCH3 is 1. The van der Waals surface area contributed by atoms with Crippen molar-refractivity contribution >= 4 is 34.1 Å². The molecule has 0 aliphatic rings. The van der Waals surface area contributed by atoms with Crippen LogP contribution in [0.5, 0.6) is 5.75 Å². The number of hydrogen-bond acceptors (Lipinski definition) is 3. The largest absolute Gasteiger partial charge is 0.497 e. The van der Waals surface area contributed by atoms with Crippen molar-refractivity contribution in [3.63, 3.8) is 0 Å². The molecule has 4 rings (SSSR count). The number of pyridine rings is 1. The first-order chi connectivity index (χ1) is 13.7. The lowest BCUT2D eigenvalue weighted by atomic mass is 10.0. The van der Waals surface area contributed by atoms with E-state index in [2.05, 4.69) is 5.32 Å². The molecule has 0 radical (unpaired) electrons. The third-order valence-electron chi connectivity index (χ3n) is 4.44. The van der Waals surface area contributed by atoms with E-state index >= 15 is 0 Å². The Morgan fingerprint density at radius 2 is 1.75 bits per heavy atom. The monoisotopic (exact) mass is 388 g/mol. The van der Waals surface area contributed by atoms with Gasteiger partial charge in [-0.3, -0.25) is 4.79 Å². The summed E-state index contributed by atoms with van der Waals surface area (Å²) in [5, 5.41) is 4.30. The summed E-state index contributed by atoms with van der Waals surface area (Å²) in [7, 11) is 1.59. The van der Waals surface area contributed by atoms with E-state index in [4.69, 9.17) is 21.3 Å². The fourth-order valence-electron chi connectivity index (χ4n) is 3.07. The fraction of sp³-hybridized carbons (Fsp3) is 0.0435. The number of para-hydroxylation sites is 1. The zero-order valence-electron chi connectivity index (χ0n) is 15.1. The van der Waals surface area contributed by atoms with Gasteiger partial charge >= 0.3 is 0 Å². The van der Waals surface area contributed by atoms with Gasteiger partial charge in [0.05, 0.1) is 23.9 Å². The average molecular weight is 389 g/mol. The highest BCUT2D eigenvalue weighted by Gasteiger charge is 2.15. The van der Waals surface area contributed by atoms with Crippen LogP contribution in [-0.4, -0.2) is 18.0 Å². The van der Waals surface area contributed by atoms with Gasteiger partial charge in [0.25, 0.3) is 5.91 Å². The second-order valence-electron chi connectivity index (χ2n) is 6.24. The highest BCUT2D eigenvalue weighted by Crippen LogP contribution is 2.30. The van der Waals surface area contributed by atoms with Gasteiger partial charge in [0, 0.05) is 27.7 Å². The number of carbonyl (C=O) groups is 1. The number of hydrogen-bond donors (Lipinski definition) is 1. The Bertz CT molecular complexity index is 1170. The van der Waals surface area contributed by atoms with Crippen molar-refractivity contribution in [3.8, 4) is 17.0 Å². The normalized spacial score (nSPS) is 10.6. The van der Waals surface area contributed by atoms with Crippen LogP contribution < -0.4 is 10.1 Å². The molecular formula is C23H17ClN2O2. The van der Waals surface area contributed by atoms with E-state index < -0.39 is 0 Å². The Balaban J connectivity index is 1.81. The van der Waals surface area contributed by atoms with Crippen molar-refractivity contribution in [2.75, 3.05) is 12.4 Å². The molecule has 0 aliphatic heterocycles. The molecule has 0 saturated carbocycles. The summed E-state index contributed by atoms with van der Waals surface area (Å²) < 4.78 is 5.23. The van der Waals surface area contributed by atoms with Crippen molar-refractivity contribution in [1.82, 2.24) is 4.98 Å². The maximum Gasteiger partial charge on any atom is 0.256 e. The van der Waals surface area contributed by atoms with Gasteiger partial charge in [-0.05, 0) is 30.3 Å². The zero-order valence-corrected chi connectivity index (χ0v) is 15.9. The van der Waals surface area contributed by atoms with Gasteiger partial charge in [-0.25, -0.2) is 4.98 Å². The van der Waals surface area contributed by atoms with Crippen LogP contribution in [0.25, 0.3) is 22.2 Å². The molecule has 0 spiro atoms. The Labute approximate surface area is 167 Å². The number of aromatic nitrogens is 1. The third kappa shape index (κ3) is 3.55. The van der Waals surface area contributed by atoms with Crippen LogP contribution in [0.1, 0.15) is 10.4 Å². The second kappa shape index (κ2) is 7.71. The molecule has 0 bridgehead atoms. The Kier molecular flexibility index (Phi) is 4.96. The maximum absolute atomic E-state index is 13.1. The molecule has 0 saturated heterocycles. The minimum absolute atomic E-state index is 0.222. The van der Waals surface area contributed by atoms with Gasteiger partial charge in [0.15, 0.2) is 0 Å². The quantitative estimate of drug-likeness (QED) is 0.479. The molecule has 3 aromatic carbocycles. The van der Waals surface area contributed by atoms with Gasteiger partial charge in [0.2, 0.25) is 0 Å². The van der Waals surface area contributed by atoms with Crippen molar-refractivity contribution < 1.29 is 9.53 Å². The molecule has 0 aliphatic carbocycles. The number of rotatable bonds is 4. The van der Waals surface area contributed by atoms with Crippen LogP contribution in [0.15, 0.2) is 78.9 Å². The molecule has 0 atom stereocenters. The van der Waals surface area contributed by atoms with Crippen LogP contribution >= 0.6 is 11.6 Å². The SMILES string of the molecule is COc1cccc(NC(=O)c2cc(-c3ccccc3Cl)nc3ccccc23)c1. The molecule has 1 heterocycles.